The normalized spacial score (nSPS) is 14.1. The van der Waals surface area contributed by atoms with Gasteiger partial charge in [0.1, 0.15) is 0 Å². The second-order valence-corrected chi connectivity index (χ2v) is 7.49. The standard InChI is InChI=1S/C26H22N2/c27-22-13-9-20(10-14-22)26(21-11-15-23(28)16-12-21)24-7-3-1-5-18(24)17-19-6-2-4-8-25(19)26/h1-16H,17,27-28H2. The molecule has 0 atom stereocenters. The van der Waals surface area contributed by atoms with Crippen LogP contribution < -0.4 is 11.5 Å². The minimum absolute atomic E-state index is 0.396. The fourth-order valence-corrected chi connectivity index (χ4v) is 4.69. The van der Waals surface area contributed by atoms with Crippen molar-refractivity contribution in [3.05, 3.63) is 130 Å². The molecule has 1 aliphatic carbocycles. The van der Waals surface area contributed by atoms with Crippen LogP contribution in [0.3, 0.4) is 0 Å². The van der Waals surface area contributed by atoms with E-state index in [0.29, 0.717) is 0 Å². The van der Waals surface area contributed by atoms with Crippen molar-refractivity contribution in [1.29, 1.82) is 0 Å². The number of fused-ring (bicyclic) bond motifs is 2. The van der Waals surface area contributed by atoms with E-state index >= 15 is 0 Å². The fourth-order valence-electron chi connectivity index (χ4n) is 4.69. The van der Waals surface area contributed by atoms with Crippen LogP contribution in [0.4, 0.5) is 11.4 Å². The number of benzene rings is 4. The lowest BCUT2D eigenvalue weighted by Gasteiger charge is -2.42. The van der Waals surface area contributed by atoms with Crippen LogP contribution in [-0.4, -0.2) is 0 Å². The van der Waals surface area contributed by atoms with Crippen LogP contribution in [0, 0.1) is 0 Å². The van der Waals surface area contributed by atoms with Gasteiger partial charge in [-0.15, -0.1) is 0 Å². The first-order chi connectivity index (χ1) is 13.7. The molecule has 2 nitrogen and oxygen atoms in total. The topological polar surface area (TPSA) is 52.0 Å². The van der Waals surface area contributed by atoms with Crippen molar-refractivity contribution in [3.8, 4) is 0 Å². The van der Waals surface area contributed by atoms with Gasteiger partial charge < -0.3 is 11.5 Å². The van der Waals surface area contributed by atoms with E-state index in [9.17, 15) is 0 Å². The highest BCUT2D eigenvalue weighted by atomic mass is 14.6. The Balaban J connectivity index is 1.94. The first-order valence-electron chi connectivity index (χ1n) is 9.58. The number of hydrogen-bond donors (Lipinski definition) is 2. The largest absolute Gasteiger partial charge is 0.399 e. The van der Waals surface area contributed by atoms with Crippen LogP contribution >= 0.6 is 0 Å². The van der Waals surface area contributed by atoms with Crippen molar-refractivity contribution >= 4 is 11.4 Å². The Bertz CT molecular complexity index is 1050. The minimum atomic E-state index is -0.396. The smallest absolute Gasteiger partial charge is 0.0707 e. The third-order valence-corrected chi connectivity index (χ3v) is 5.91. The number of anilines is 2. The van der Waals surface area contributed by atoms with Crippen LogP contribution in [-0.2, 0) is 11.8 Å². The first kappa shape index (κ1) is 16.6. The van der Waals surface area contributed by atoms with E-state index in [-0.39, 0.29) is 0 Å². The predicted octanol–water partition coefficient (Wildman–Crippen LogP) is 5.14. The Morgan fingerprint density at radius 2 is 0.893 bits per heavy atom. The maximum atomic E-state index is 6.03. The summed E-state index contributed by atoms with van der Waals surface area (Å²) in [5.41, 5.74) is 21.0. The molecule has 0 fully saturated rings. The van der Waals surface area contributed by atoms with Crippen molar-refractivity contribution in [3.63, 3.8) is 0 Å². The summed E-state index contributed by atoms with van der Waals surface area (Å²) in [7, 11) is 0. The van der Waals surface area contributed by atoms with Crippen molar-refractivity contribution in [1.82, 2.24) is 0 Å². The van der Waals surface area contributed by atoms with Gasteiger partial charge in [0, 0.05) is 11.4 Å². The summed E-state index contributed by atoms with van der Waals surface area (Å²) in [6.07, 6.45) is 0.943. The van der Waals surface area contributed by atoms with Gasteiger partial charge >= 0.3 is 0 Å². The molecule has 0 saturated heterocycles. The number of rotatable bonds is 2. The van der Waals surface area contributed by atoms with Crippen molar-refractivity contribution < 1.29 is 0 Å². The highest BCUT2D eigenvalue weighted by Gasteiger charge is 2.43. The molecule has 5 rings (SSSR count). The summed E-state index contributed by atoms with van der Waals surface area (Å²) in [6.45, 7) is 0. The summed E-state index contributed by atoms with van der Waals surface area (Å²) in [5, 5.41) is 0. The van der Waals surface area contributed by atoms with Crippen molar-refractivity contribution in [2.45, 2.75) is 11.8 Å². The lowest BCUT2D eigenvalue weighted by Crippen LogP contribution is -2.36. The minimum Gasteiger partial charge on any atom is -0.399 e. The summed E-state index contributed by atoms with van der Waals surface area (Å²) < 4.78 is 0. The van der Waals surface area contributed by atoms with Crippen molar-refractivity contribution in [2.75, 3.05) is 11.5 Å². The number of hydrogen-bond acceptors (Lipinski definition) is 2. The zero-order valence-corrected chi connectivity index (χ0v) is 15.6. The van der Waals surface area contributed by atoms with Crippen LogP contribution in [0.15, 0.2) is 97.1 Å². The maximum absolute atomic E-state index is 6.03. The second kappa shape index (κ2) is 6.28. The molecule has 0 radical (unpaired) electrons. The second-order valence-electron chi connectivity index (χ2n) is 7.49. The molecule has 136 valence electrons. The number of nitrogens with two attached hydrogens (primary N) is 2. The van der Waals surface area contributed by atoms with Gasteiger partial charge in [-0.2, -0.15) is 0 Å². The van der Waals surface area contributed by atoms with Crippen LogP contribution in [0.2, 0.25) is 0 Å². The van der Waals surface area contributed by atoms with E-state index in [4.69, 9.17) is 11.5 Å². The molecule has 0 heterocycles. The van der Waals surface area contributed by atoms with Crippen LogP contribution in [0.1, 0.15) is 33.4 Å². The van der Waals surface area contributed by atoms with E-state index in [1.54, 1.807) is 0 Å². The summed E-state index contributed by atoms with van der Waals surface area (Å²) in [6, 6.07) is 34.1. The molecule has 0 bridgehead atoms. The molecule has 4 aromatic rings. The van der Waals surface area contributed by atoms with Gasteiger partial charge in [0.25, 0.3) is 0 Å². The molecule has 28 heavy (non-hydrogen) atoms. The van der Waals surface area contributed by atoms with Crippen LogP contribution in [0.25, 0.3) is 0 Å². The lowest BCUT2D eigenvalue weighted by atomic mass is 9.60. The van der Waals surface area contributed by atoms with Gasteiger partial charge in [0.2, 0.25) is 0 Å². The molecule has 0 saturated carbocycles. The van der Waals surface area contributed by atoms with Gasteiger partial charge in [0.15, 0.2) is 0 Å². The highest BCUT2D eigenvalue weighted by molar-refractivity contribution is 5.67. The van der Waals surface area contributed by atoms with Gasteiger partial charge in [-0.25, -0.2) is 0 Å². The SMILES string of the molecule is Nc1ccc(C2(c3ccc(N)cc3)c3ccccc3Cc3ccccc32)cc1. The predicted molar refractivity (Wildman–Crippen MR) is 116 cm³/mol. The lowest BCUT2D eigenvalue weighted by molar-refractivity contribution is 0.703. The third-order valence-electron chi connectivity index (χ3n) is 5.91. The molecular formula is C26H22N2. The summed E-state index contributed by atoms with van der Waals surface area (Å²) in [5.74, 6) is 0. The van der Waals surface area contributed by atoms with E-state index < -0.39 is 5.41 Å². The Labute approximate surface area is 165 Å². The van der Waals surface area contributed by atoms with E-state index in [0.717, 1.165) is 17.8 Å². The highest BCUT2D eigenvalue weighted by Crippen LogP contribution is 2.50. The average Bonchev–Trinajstić information content (AvgIpc) is 2.73. The first-order valence-corrected chi connectivity index (χ1v) is 9.58. The molecule has 0 spiro atoms. The van der Waals surface area contributed by atoms with Crippen molar-refractivity contribution in [2.24, 2.45) is 0 Å². The molecule has 4 aromatic carbocycles. The summed E-state index contributed by atoms with van der Waals surface area (Å²) >= 11 is 0. The molecule has 2 heteroatoms. The van der Waals surface area contributed by atoms with E-state index in [1.165, 1.54) is 33.4 Å². The Morgan fingerprint density at radius 1 is 0.500 bits per heavy atom. The quantitative estimate of drug-likeness (QED) is 0.427. The van der Waals surface area contributed by atoms with Gasteiger partial charge in [-0.3, -0.25) is 0 Å². The zero-order chi connectivity index (χ0) is 19.1. The maximum Gasteiger partial charge on any atom is 0.0707 e. The van der Waals surface area contributed by atoms with Crippen LogP contribution in [0.5, 0.6) is 0 Å². The molecule has 0 amide bonds. The van der Waals surface area contributed by atoms with Gasteiger partial charge in [-0.05, 0) is 64.1 Å². The van der Waals surface area contributed by atoms with Gasteiger partial charge in [0.05, 0.1) is 5.41 Å². The zero-order valence-electron chi connectivity index (χ0n) is 15.6. The molecule has 4 N–H and O–H groups in total. The summed E-state index contributed by atoms with van der Waals surface area (Å²) in [4.78, 5) is 0. The van der Waals surface area contributed by atoms with Gasteiger partial charge in [-0.1, -0.05) is 72.8 Å². The molecule has 0 unspecified atom stereocenters. The molecule has 0 aliphatic heterocycles. The Morgan fingerprint density at radius 3 is 1.32 bits per heavy atom. The number of nitrogen functional groups attached to an aromatic ring is 2. The van der Waals surface area contributed by atoms with E-state index in [2.05, 4.69) is 72.8 Å². The Hall–Kier alpha value is -3.52. The Kier molecular flexibility index (Phi) is 3.73. The monoisotopic (exact) mass is 362 g/mol. The van der Waals surface area contributed by atoms with E-state index in [1.807, 2.05) is 24.3 Å². The molecular weight excluding hydrogens is 340 g/mol. The molecule has 0 aromatic heterocycles. The average molecular weight is 362 g/mol. The third kappa shape index (κ3) is 2.35. The molecule has 1 aliphatic rings. The fraction of sp³-hybridized carbons (Fsp3) is 0.0769.